The summed E-state index contributed by atoms with van der Waals surface area (Å²) in [5, 5.41) is 3.27. The van der Waals surface area contributed by atoms with Crippen molar-refractivity contribution in [2.45, 2.75) is 6.61 Å². The molecule has 1 amide bonds. The van der Waals surface area contributed by atoms with Crippen molar-refractivity contribution in [3.05, 3.63) is 28.8 Å². The van der Waals surface area contributed by atoms with Crippen LogP contribution in [-0.4, -0.2) is 18.9 Å². The van der Waals surface area contributed by atoms with Gasteiger partial charge in [0.05, 0.1) is 6.61 Å². The topological polar surface area (TPSA) is 38.3 Å². The van der Waals surface area contributed by atoms with Crippen LogP contribution in [0.4, 0.5) is 5.69 Å². The van der Waals surface area contributed by atoms with Crippen LogP contribution in [0, 0.1) is 0 Å². The van der Waals surface area contributed by atoms with E-state index in [2.05, 4.69) is 5.32 Å². The van der Waals surface area contributed by atoms with Crippen molar-refractivity contribution in [2.24, 2.45) is 0 Å². The van der Waals surface area contributed by atoms with Gasteiger partial charge < -0.3 is 10.1 Å². The predicted molar refractivity (Wildman–Crippen MR) is 61.5 cm³/mol. The van der Waals surface area contributed by atoms with Gasteiger partial charge in [-0.2, -0.15) is 0 Å². The Morgan fingerprint density at radius 1 is 1.53 bits per heavy atom. The summed E-state index contributed by atoms with van der Waals surface area (Å²) in [5.41, 5.74) is 1.50. The molecule has 5 heteroatoms. The first kappa shape index (κ1) is 12.3. The van der Waals surface area contributed by atoms with Gasteiger partial charge >= 0.3 is 0 Å². The molecule has 1 rings (SSSR count). The summed E-state index contributed by atoms with van der Waals surface area (Å²) < 4.78 is 5.00. The second kappa shape index (κ2) is 5.95. The van der Waals surface area contributed by atoms with Gasteiger partial charge in [-0.3, -0.25) is 4.79 Å². The van der Waals surface area contributed by atoms with Gasteiger partial charge in [-0.15, -0.1) is 11.6 Å². The number of anilines is 1. The number of carbonyl (C=O) groups excluding carboxylic acids is 1. The number of ether oxygens (including phenoxy) is 1. The third kappa shape index (κ3) is 3.70. The van der Waals surface area contributed by atoms with Crippen molar-refractivity contribution >= 4 is 34.8 Å². The summed E-state index contributed by atoms with van der Waals surface area (Å²) in [7, 11) is 1.58. The lowest BCUT2D eigenvalue weighted by molar-refractivity contribution is -0.113. The average Bonchev–Trinajstić information content (AvgIpc) is 2.22. The molecule has 1 aromatic carbocycles. The number of hydrogen-bond acceptors (Lipinski definition) is 2. The lowest BCUT2D eigenvalue weighted by atomic mass is 10.2. The largest absolute Gasteiger partial charge is 0.380 e. The predicted octanol–water partition coefficient (Wildman–Crippen LogP) is 2.66. The van der Waals surface area contributed by atoms with Crippen molar-refractivity contribution in [1.82, 2.24) is 0 Å². The number of alkyl halides is 1. The maximum Gasteiger partial charge on any atom is 0.239 e. The smallest absolute Gasteiger partial charge is 0.239 e. The van der Waals surface area contributed by atoms with Crippen LogP contribution in [-0.2, 0) is 16.1 Å². The number of amides is 1. The summed E-state index contributed by atoms with van der Waals surface area (Å²) in [6.45, 7) is 0.387. The fraction of sp³-hybridized carbons (Fsp3) is 0.300. The highest BCUT2D eigenvalue weighted by molar-refractivity contribution is 6.31. The first-order valence-corrected chi connectivity index (χ1v) is 5.21. The molecule has 3 nitrogen and oxygen atoms in total. The third-order valence-electron chi connectivity index (χ3n) is 1.76. The molecule has 0 aliphatic rings. The monoisotopic (exact) mass is 247 g/mol. The Kier molecular flexibility index (Phi) is 4.88. The Morgan fingerprint density at radius 2 is 2.27 bits per heavy atom. The number of carbonyl (C=O) groups is 1. The molecular formula is C10H11Cl2NO2. The highest BCUT2D eigenvalue weighted by atomic mass is 35.5. The molecule has 0 radical (unpaired) electrons. The highest BCUT2D eigenvalue weighted by Crippen LogP contribution is 2.21. The van der Waals surface area contributed by atoms with Crippen LogP contribution in [0.5, 0.6) is 0 Å². The van der Waals surface area contributed by atoms with Gasteiger partial charge in [-0.1, -0.05) is 11.6 Å². The molecule has 0 saturated carbocycles. The zero-order chi connectivity index (χ0) is 11.3. The SMILES string of the molecule is COCc1cc(Cl)ccc1NC(=O)CCl. The molecular weight excluding hydrogens is 237 g/mol. The molecule has 0 spiro atoms. The quantitative estimate of drug-likeness (QED) is 0.832. The minimum absolute atomic E-state index is 0.0744. The summed E-state index contributed by atoms with van der Waals surface area (Å²) in [6, 6.07) is 5.17. The second-order valence-electron chi connectivity index (χ2n) is 2.92. The van der Waals surface area contributed by atoms with Crippen LogP contribution in [0.15, 0.2) is 18.2 Å². The number of halogens is 2. The Balaban J connectivity index is 2.89. The van der Waals surface area contributed by atoms with E-state index < -0.39 is 0 Å². The van der Waals surface area contributed by atoms with Gasteiger partial charge in [-0.05, 0) is 18.2 Å². The van der Waals surface area contributed by atoms with Gasteiger partial charge in [0, 0.05) is 23.4 Å². The number of methoxy groups -OCH3 is 1. The van der Waals surface area contributed by atoms with E-state index in [1.165, 1.54) is 0 Å². The Labute approximate surface area is 98.3 Å². The van der Waals surface area contributed by atoms with Gasteiger partial charge in [-0.25, -0.2) is 0 Å². The van der Waals surface area contributed by atoms with Crippen molar-refractivity contribution < 1.29 is 9.53 Å². The molecule has 0 unspecified atom stereocenters. The van der Waals surface area contributed by atoms with E-state index in [1.54, 1.807) is 25.3 Å². The summed E-state index contributed by atoms with van der Waals surface area (Å²) in [6.07, 6.45) is 0. The summed E-state index contributed by atoms with van der Waals surface area (Å²) >= 11 is 11.2. The van der Waals surface area contributed by atoms with E-state index in [-0.39, 0.29) is 11.8 Å². The van der Waals surface area contributed by atoms with Gasteiger partial charge in [0.2, 0.25) is 5.91 Å². The molecule has 0 atom stereocenters. The molecule has 1 N–H and O–H groups in total. The Bertz CT molecular complexity index is 355. The van der Waals surface area contributed by atoms with E-state index in [0.29, 0.717) is 17.3 Å². The molecule has 0 bridgehead atoms. The normalized spacial score (nSPS) is 10.1. The zero-order valence-electron chi connectivity index (χ0n) is 8.22. The van der Waals surface area contributed by atoms with Crippen LogP contribution >= 0.6 is 23.2 Å². The van der Waals surface area contributed by atoms with Crippen LogP contribution in [0.1, 0.15) is 5.56 Å². The molecule has 0 saturated heterocycles. The fourth-order valence-corrected chi connectivity index (χ4v) is 1.40. The second-order valence-corrected chi connectivity index (χ2v) is 3.62. The average molecular weight is 248 g/mol. The Morgan fingerprint density at radius 3 is 2.87 bits per heavy atom. The molecule has 0 fully saturated rings. The van der Waals surface area contributed by atoms with Crippen molar-refractivity contribution in [2.75, 3.05) is 18.3 Å². The van der Waals surface area contributed by atoms with Crippen LogP contribution in [0.2, 0.25) is 5.02 Å². The maximum atomic E-state index is 11.1. The van der Waals surface area contributed by atoms with Crippen LogP contribution in [0.25, 0.3) is 0 Å². The van der Waals surface area contributed by atoms with Gasteiger partial charge in [0.1, 0.15) is 5.88 Å². The number of benzene rings is 1. The standard InChI is InChI=1S/C10H11Cl2NO2/c1-15-6-7-4-8(12)2-3-9(7)13-10(14)5-11/h2-4H,5-6H2,1H3,(H,13,14). The maximum absolute atomic E-state index is 11.1. The van der Waals surface area contributed by atoms with Gasteiger partial charge in [0.25, 0.3) is 0 Å². The van der Waals surface area contributed by atoms with E-state index >= 15 is 0 Å². The van der Waals surface area contributed by atoms with Crippen molar-refractivity contribution in [1.29, 1.82) is 0 Å². The highest BCUT2D eigenvalue weighted by Gasteiger charge is 2.06. The lowest BCUT2D eigenvalue weighted by Crippen LogP contribution is -2.14. The fourth-order valence-electron chi connectivity index (χ4n) is 1.14. The van der Waals surface area contributed by atoms with Crippen LogP contribution in [0.3, 0.4) is 0 Å². The van der Waals surface area contributed by atoms with E-state index in [1.807, 2.05) is 0 Å². The summed E-state index contributed by atoms with van der Waals surface area (Å²) in [4.78, 5) is 11.1. The van der Waals surface area contributed by atoms with Crippen LogP contribution < -0.4 is 5.32 Å². The molecule has 1 aromatic rings. The Hall–Kier alpha value is -0.770. The third-order valence-corrected chi connectivity index (χ3v) is 2.24. The molecule has 0 aliphatic heterocycles. The zero-order valence-corrected chi connectivity index (χ0v) is 9.73. The van der Waals surface area contributed by atoms with Gasteiger partial charge in [0.15, 0.2) is 0 Å². The number of hydrogen-bond donors (Lipinski definition) is 1. The molecule has 82 valence electrons. The molecule has 0 aliphatic carbocycles. The van der Waals surface area contributed by atoms with E-state index in [9.17, 15) is 4.79 Å². The first-order chi connectivity index (χ1) is 7.17. The number of nitrogens with one attached hydrogen (secondary N) is 1. The minimum Gasteiger partial charge on any atom is -0.380 e. The van der Waals surface area contributed by atoms with Crippen molar-refractivity contribution in [3.8, 4) is 0 Å². The molecule has 0 heterocycles. The molecule has 15 heavy (non-hydrogen) atoms. The first-order valence-electron chi connectivity index (χ1n) is 4.30. The summed E-state index contributed by atoms with van der Waals surface area (Å²) in [5.74, 6) is -0.328. The van der Waals surface area contributed by atoms with E-state index in [0.717, 1.165) is 5.56 Å². The van der Waals surface area contributed by atoms with Crippen molar-refractivity contribution in [3.63, 3.8) is 0 Å². The van der Waals surface area contributed by atoms with E-state index in [4.69, 9.17) is 27.9 Å². The lowest BCUT2D eigenvalue weighted by Gasteiger charge is -2.09. The molecule has 0 aromatic heterocycles. The minimum atomic E-state index is -0.253. The number of rotatable bonds is 4.